The molecule has 1 aromatic rings. The zero-order chi connectivity index (χ0) is 25.1. The number of hydrogen-bond acceptors (Lipinski definition) is 5. The number of amides is 3. The Hall–Kier alpha value is -2.45. The Kier molecular flexibility index (Phi) is 8.12. The normalized spacial score (nSPS) is 29.6. The molecule has 1 aromatic carbocycles. The maximum Gasteiger partial charge on any atom is 0.246 e. The number of rotatable bonds is 6. The van der Waals surface area contributed by atoms with E-state index in [0.717, 1.165) is 38.5 Å². The summed E-state index contributed by atoms with van der Waals surface area (Å²) >= 11 is 0. The van der Waals surface area contributed by atoms with Crippen molar-refractivity contribution >= 4 is 17.7 Å². The van der Waals surface area contributed by atoms with Crippen LogP contribution in [0.3, 0.4) is 0 Å². The van der Waals surface area contributed by atoms with Crippen LogP contribution in [0.5, 0.6) is 0 Å². The lowest BCUT2D eigenvalue weighted by molar-refractivity contribution is -0.145. The Bertz CT molecular complexity index is 935. The summed E-state index contributed by atoms with van der Waals surface area (Å²) in [7, 11) is 5.78. The smallest absolute Gasteiger partial charge is 0.246 e. The van der Waals surface area contributed by atoms with Gasteiger partial charge in [-0.1, -0.05) is 24.3 Å². The van der Waals surface area contributed by atoms with Crippen LogP contribution in [0.4, 0.5) is 0 Å². The standard InChI is InChI=1S/C27H41N5O3/c1-17(28-2)25(33)30-23-16-20(31(3)4)13-12-19-14-15-24(32(19)27(23)35)26(34)29-22-11-7-9-18-8-5-6-10-21(18)22/h5-6,8,10,17,19-20,22-24,28H,7,9,11-16H2,1-4H3,(H,29,34)(H,30,33)/t17-,19-,20-,22+,23-,24-/m0/s1. The molecule has 4 rings (SSSR count). The van der Waals surface area contributed by atoms with Crippen LogP contribution in [0, 0.1) is 0 Å². The van der Waals surface area contributed by atoms with Gasteiger partial charge < -0.3 is 25.8 Å². The molecule has 0 bridgehead atoms. The molecule has 0 aromatic heterocycles. The summed E-state index contributed by atoms with van der Waals surface area (Å²) in [6.07, 6.45) is 6.83. The molecule has 1 aliphatic carbocycles. The molecule has 3 amide bonds. The molecular weight excluding hydrogens is 442 g/mol. The Labute approximate surface area is 209 Å². The van der Waals surface area contributed by atoms with E-state index in [1.807, 2.05) is 31.1 Å². The van der Waals surface area contributed by atoms with Crippen molar-refractivity contribution in [3.63, 3.8) is 0 Å². The number of nitrogens with one attached hydrogen (secondary N) is 3. The van der Waals surface area contributed by atoms with E-state index in [-0.39, 0.29) is 35.8 Å². The maximum absolute atomic E-state index is 13.9. The third-order valence-corrected chi connectivity index (χ3v) is 8.26. The van der Waals surface area contributed by atoms with Gasteiger partial charge in [0.1, 0.15) is 12.1 Å². The molecule has 2 saturated heterocycles. The van der Waals surface area contributed by atoms with Gasteiger partial charge in [0, 0.05) is 12.1 Å². The second-order valence-electron chi connectivity index (χ2n) is 10.6. The third-order valence-electron chi connectivity index (χ3n) is 8.26. The monoisotopic (exact) mass is 483 g/mol. The van der Waals surface area contributed by atoms with Gasteiger partial charge in [-0.25, -0.2) is 0 Å². The lowest BCUT2D eigenvalue weighted by atomic mass is 9.87. The third kappa shape index (κ3) is 5.54. The highest BCUT2D eigenvalue weighted by Gasteiger charge is 2.45. The Morgan fingerprint density at radius 3 is 2.51 bits per heavy atom. The fourth-order valence-corrected chi connectivity index (χ4v) is 6.00. The fraction of sp³-hybridized carbons (Fsp3) is 0.667. The Morgan fingerprint density at radius 2 is 1.77 bits per heavy atom. The first-order valence-corrected chi connectivity index (χ1v) is 13.1. The van der Waals surface area contributed by atoms with Crippen molar-refractivity contribution in [2.45, 2.75) is 94.5 Å². The minimum Gasteiger partial charge on any atom is -0.347 e. The average Bonchev–Trinajstić information content (AvgIpc) is 3.27. The summed E-state index contributed by atoms with van der Waals surface area (Å²) in [5, 5.41) is 9.21. The van der Waals surface area contributed by atoms with Crippen molar-refractivity contribution in [2.75, 3.05) is 21.1 Å². The fourth-order valence-electron chi connectivity index (χ4n) is 6.00. The Balaban J connectivity index is 1.53. The molecule has 0 spiro atoms. The van der Waals surface area contributed by atoms with E-state index < -0.39 is 18.1 Å². The first-order valence-electron chi connectivity index (χ1n) is 13.1. The molecular formula is C27H41N5O3. The lowest BCUT2D eigenvalue weighted by Crippen LogP contribution is -2.59. The van der Waals surface area contributed by atoms with Gasteiger partial charge in [0.2, 0.25) is 17.7 Å². The highest BCUT2D eigenvalue weighted by molar-refractivity contribution is 5.94. The predicted octanol–water partition coefficient (Wildman–Crippen LogP) is 1.75. The van der Waals surface area contributed by atoms with Gasteiger partial charge in [-0.3, -0.25) is 14.4 Å². The molecule has 8 heteroatoms. The van der Waals surface area contributed by atoms with Gasteiger partial charge in [-0.05, 0) is 90.6 Å². The van der Waals surface area contributed by atoms with Crippen LogP contribution in [0.2, 0.25) is 0 Å². The molecule has 192 valence electrons. The number of benzene rings is 1. The van der Waals surface area contributed by atoms with Gasteiger partial charge in [-0.15, -0.1) is 0 Å². The summed E-state index contributed by atoms with van der Waals surface area (Å²) < 4.78 is 0. The van der Waals surface area contributed by atoms with E-state index in [0.29, 0.717) is 12.8 Å². The number of carbonyl (C=O) groups excluding carboxylic acids is 3. The average molecular weight is 484 g/mol. The molecule has 0 radical (unpaired) electrons. The van der Waals surface area contributed by atoms with Crippen LogP contribution in [-0.4, -0.2) is 78.9 Å². The lowest BCUT2D eigenvalue weighted by Gasteiger charge is -2.39. The van der Waals surface area contributed by atoms with Crippen molar-refractivity contribution in [3.8, 4) is 0 Å². The molecule has 3 aliphatic rings. The minimum absolute atomic E-state index is 0.0125. The number of aryl methyl sites for hydroxylation is 1. The summed E-state index contributed by atoms with van der Waals surface area (Å²) in [4.78, 5) is 44.1. The molecule has 2 fully saturated rings. The van der Waals surface area contributed by atoms with Crippen molar-refractivity contribution in [2.24, 2.45) is 0 Å². The number of carbonyl (C=O) groups is 3. The van der Waals surface area contributed by atoms with E-state index in [1.54, 1.807) is 14.0 Å². The topological polar surface area (TPSA) is 93.8 Å². The van der Waals surface area contributed by atoms with Crippen LogP contribution in [0.15, 0.2) is 24.3 Å². The number of likely N-dealkylation sites (N-methyl/N-ethyl adjacent to an activating group) is 1. The maximum atomic E-state index is 13.9. The van der Waals surface area contributed by atoms with Crippen LogP contribution >= 0.6 is 0 Å². The number of hydrogen-bond donors (Lipinski definition) is 3. The van der Waals surface area contributed by atoms with Gasteiger partial charge in [0.25, 0.3) is 0 Å². The first kappa shape index (κ1) is 25.6. The van der Waals surface area contributed by atoms with Crippen molar-refractivity contribution in [1.82, 2.24) is 25.8 Å². The van der Waals surface area contributed by atoms with E-state index in [9.17, 15) is 14.4 Å². The Morgan fingerprint density at radius 1 is 1.03 bits per heavy atom. The van der Waals surface area contributed by atoms with Crippen molar-refractivity contribution in [1.29, 1.82) is 0 Å². The quantitative estimate of drug-likeness (QED) is 0.573. The first-order chi connectivity index (χ1) is 16.8. The van der Waals surface area contributed by atoms with Crippen LogP contribution in [0.1, 0.15) is 69.0 Å². The van der Waals surface area contributed by atoms with Crippen LogP contribution < -0.4 is 16.0 Å². The zero-order valence-corrected chi connectivity index (χ0v) is 21.5. The van der Waals surface area contributed by atoms with E-state index in [4.69, 9.17) is 0 Å². The van der Waals surface area contributed by atoms with Gasteiger partial charge >= 0.3 is 0 Å². The SMILES string of the molecule is CN[C@@H](C)C(=O)N[C@H]1C[C@@H](N(C)C)CC[C@H]2CC[C@@H](C(=O)N[C@@H]3CCCc4ccccc43)N2C1=O. The van der Waals surface area contributed by atoms with Gasteiger partial charge in [0.05, 0.1) is 12.1 Å². The molecule has 35 heavy (non-hydrogen) atoms. The molecule has 2 aliphatic heterocycles. The highest BCUT2D eigenvalue weighted by atomic mass is 16.2. The van der Waals surface area contributed by atoms with E-state index >= 15 is 0 Å². The van der Waals surface area contributed by atoms with Crippen LogP contribution in [-0.2, 0) is 20.8 Å². The summed E-state index contributed by atoms with van der Waals surface area (Å²) in [6.45, 7) is 1.78. The van der Waals surface area contributed by atoms with Crippen molar-refractivity contribution in [3.05, 3.63) is 35.4 Å². The number of nitrogens with zero attached hydrogens (tertiary/aromatic N) is 2. The summed E-state index contributed by atoms with van der Waals surface area (Å²) in [5.41, 5.74) is 2.49. The zero-order valence-electron chi connectivity index (χ0n) is 21.5. The van der Waals surface area contributed by atoms with Crippen molar-refractivity contribution < 1.29 is 14.4 Å². The molecule has 0 saturated carbocycles. The minimum atomic E-state index is -0.641. The molecule has 6 atom stereocenters. The van der Waals surface area contributed by atoms with Crippen LogP contribution in [0.25, 0.3) is 0 Å². The molecule has 0 unspecified atom stereocenters. The van der Waals surface area contributed by atoms with Gasteiger partial charge in [-0.2, -0.15) is 0 Å². The van der Waals surface area contributed by atoms with E-state index in [1.165, 1.54) is 11.1 Å². The van der Waals surface area contributed by atoms with Gasteiger partial charge in [0.15, 0.2) is 0 Å². The molecule has 3 N–H and O–H groups in total. The summed E-state index contributed by atoms with van der Waals surface area (Å²) in [6, 6.07) is 7.01. The molecule has 2 heterocycles. The largest absolute Gasteiger partial charge is 0.347 e. The number of fused-ring (bicyclic) bond motifs is 2. The van der Waals surface area contributed by atoms with E-state index in [2.05, 4.69) is 33.0 Å². The summed E-state index contributed by atoms with van der Waals surface area (Å²) in [5.74, 6) is -0.389. The second kappa shape index (κ2) is 11.1. The second-order valence-corrected chi connectivity index (χ2v) is 10.6. The molecule has 8 nitrogen and oxygen atoms in total. The predicted molar refractivity (Wildman–Crippen MR) is 136 cm³/mol. The highest BCUT2D eigenvalue weighted by Crippen LogP contribution is 2.34.